The van der Waals surface area contributed by atoms with E-state index in [-0.39, 0.29) is 12.2 Å². The number of rotatable bonds is 5. The third-order valence-electron chi connectivity index (χ3n) is 2.56. The van der Waals surface area contributed by atoms with Crippen molar-refractivity contribution in [2.24, 2.45) is 0 Å². The smallest absolute Gasteiger partial charge is 0.328 e. The third-order valence-corrected chi connectivity index (χ3v) is 2.56. The summed E-state index contributed by atoms with van der Waals surface area (Å²) >= 11 is 0. The Morgan fingerprint density at radius 3 is 2.30 bits per heavy atom. The first kappa shape index (κ1) is 15.4. The summed E-state index contributed by atoms with van der Waals surface area (Å²) < 4.78 is 0. The number of benzene rings is 1. The molecule has 0 unspecified atom stereocenters. The first-order chi connectivity index (χ1) is 9.22. The number of carbonyl (C=O) groups is 2. The predicted molar refractivity (Wildman–Crippen MR) is 70.2 cm³/mol. The summed E-state index contributed by atoms with van der Waals surface area (Å²) in [5.74, 6) is -1.15. The average Bonchev–Trinajstić information content (AvgIpc) is 2.36. The molecule has 0 spiro atoms. The Hall–Kier alpha value is -2.64. The van der Waals surface area contributed by atoms with Crippen molar-refractivity contribution in [1.82, 2.24) is 10.6 Å². The van der Waals surface area contributed by atoms with Crippen LogP contribution in [0.3, 0.4) is 0 Å². The fraction of sp³-hybridized carbons (Fsp3) is 0.333. The van der Waals surface area contributed by atoms with Crippen LogP contribution in [-0.4, -0.2) is 27.6 Å². The van der Waals surface area contributed by atoms with Crippen LogP contribution in [0.2, 0.25) is 0 Å². The van der Waals surface area contributed by atoms with Crippen LogP contribution >= 0.6 is 0 Å². The maximum absolute atomic E-state index is 11.5. The summed E-state index contributed by atoms with van der Waals surface area (Å²) in [4.78, 5) is 32.3. The zero-order valence-electron chi connectivity index (χ0n) is 11.0. The molecule has 0 aromatic heterocycles. The molecule has 8 heteroatoms. The second-order valence-corrected chi connectivity index (χ2v) is 4.66. The number of nitrogens with zero attached hydrogens (tertiary/aromatic N) is 1. The standard InChI is InChI=1S/C12H15N3O5/c1-12(2,10(16)17)14-11(18)13-7-8-3-5-9(6-4-8)15(19)20/h3-6H,7H2,1-2H3,(H,16,17)(H2,13,14,18). The number of aliphatic carboxylic acids is 1. The zero-order valence-corrected chi connectivity index (χ0v) is 11.0. The fourth-order valence-electron chi connectivity index (χ4n) is 1.30. The number of amides is 2. The Balaban J connectivity index is 2.53. The van der Waals surface area contributed by atoms with Crippen molar-refractivity contribution in [2.75, 3.05) is 0 Å². The van der Waals surface area contributed by atoms with Gasteiger partial charge in [-0.05, 0) is 19.4 Å². The summed E-state index contributed by atoms with van der Waals surface area (Å²) in [7, 11) is 0. The van der Waals surface area contributed by atoms with E-state index in [1.54, 1.807) is 0 Å². The summed E-state index contributed by atoms with van der Waals surface area (Å²) in [6, 6.07) is 5.06. The number of carboxylic acid groups (broad SMARTS) is 1. The number of nitrogens with one attached hydrogen (secondary N) is 2. The van der Waals surface area contributed by atoms with Gasteiger partial charge in [0.25, 0.3) is 5.69 Å². The van der Waals surface area contributed by atoms with Gasteiger partial charge in [-0.25, -0.2) is 9.59 Å². The highest BCUT2D eigenvalue weighted by molar-refractivity contribution is 5.85. The molecule has 0 aliphatic heterocycles. The summed E-state index contributed by atoms with van der Waals surface area (Å²) in [5, 5.41) is 24.1. The average molecular weight is 281 g/mol. The van der Waals surface area contributed by atoms with Crippen molar-refractivity contribution in [1.29, 1.82) is 0 Å². The molecule has 3 N–H and O–H groups in total. The minimum Gasteiger partial charge on any atom is -0.480 e. The molecule has 20 heavy (non-hydrogen) atoms. The molecule has 108 valence electrons. The minimum atomic E-state index is -1.38. The lowest BCUT2D eigenvalue weighted by atomic mass is 10.1. The SMILES string of the molecule is CC(C)(NC(=O)NCc1ccc([N+](=O)[O-])cc1)C(=O)O. The Labute approximate surface area is 114 Å². The Morgan fingerprint density at radius 2 is 1.85 bits per heavy atom. The van der Waals surface area contributed by atoms with Crippen molar-refractivity contribution in [3.8, 4) is 0 Å². The van der Waals surface area contributed by atoms with Crippen molar-refractivity contribution < 1.29 is 19.6 Å². The first-order valence-corrected chi connectivity index (χ1v) is 5.75. The van der Waals surface area contributed by atoms with Gasteiger partial charge < -0.3 is 15.7 Å². The third kappa shape index (κ3) is 4.23. The highest BCUT2D eigenvalue weighted by Crippen LogP contribution is 2.11. The number of carboxylic acids is 1. The van der Waals surface area contributed by atoms with Crippen molar-refractivity contribution in [3.63, 3.8) is 0 Å². The molecular formula is C12H15N3O5. The molecular weight excluding hydrogens is 266 g/mol. The van der Waals surface area contributed by atoms with Crippen LogP contribution < -0.4 is 10.6 Å². The van der Waals surface area contributed by atoms with Gasteiger partial charge in [0, 0.05) is 18.7 Å². The van der Waals surface area contributed by atoms with Gasteiger partial charge in [0.05, 0.1) is 4.92 Å². The van der Waals surface area contributed by atoms with Crippen LogP contribution in [0.15, 0.2) is 24.3 Å². The highest BCUT2D eigenvalue weighted by atomic mass is 16.6. The monoisotopic (exact) mass is 281 g/mol. The van der Waals surface area contributed by atoms with Gasteiger partial charge in [-0.2, -0.15) is 0 Å². The van der Waals surface area contributed by atoms with Crippen LogP contribution in [0, 0.1) is 10.1 Å². The molecule has 0 saturated carbocycles. The van der Waals surface area contributed by atoms with Gasteiger partial charge in [-0.15, -0.1) is 0 Å². The molecule has 0 atom stereocenters. The van der Waals surface area contributed by atoms with E-state index in [0.29, 0.717) is 5.56 Å². The molecule has 2 amide bonds. The van der Waals surface area contributed by atoms with Gasteiger partial charge in [-0.3, -0.25) is 10.1 Å². The second-order valence-electron chi connectivity index (χ2n) is 4.66. The molecule has 8 nitrogen and oxygen atoms in total. The molecule has 0 saturated heterocycles. The van der Waals surface area contributed by atoms with Crippen LogP contribution in [0.5, 0.6) is 0 Å². The fourth-order valence-corrected chi connectivity index (χ4v) is 1.30. The first-order valence-electron chi connectivity index (χ1n) is 5.75. The van der Waals surface area contributed by atoms with E-state index >= 15 is 0 Å². The molecule has 1 aromatic carbocycles. The van der Waals surface area contributed by atoms with E-state index in [4.69, 9.17) is 5.11 Å². The van der Waals surface area contributed by atoms with E-state index in [9.17, 15) is 19.7 Å². The van der Waals surface area contributed by atoms with Gasteiger partial charge >= 0.3 is 12.0 Å². The number of nitro groups is 1. The Kier molecular flexibility index (Phi) is 4.63. The van der Waals surface area contributed by atoms with Gasteiger partial charge in [-0.1, -0.05) is 12.1 Å². The lowest BCUT2D eigenvalue weighted by Crippen LogP contribution is -2.52. The minimum absolute atomic E-state index is 0.0368. The summed E-state index contributed by atoms with van der Waals surface area (Å²) in [6.45, 7) is 2.86. The van der Waals surface area contributed by atoms with E-state index in [2.05, 4.69) is 10.6 Å². The molecule has 0 fully saturated rings. The molecule has 0 aliphatic rings. The molecule has 0 radical (unpaired) electrons. The lowest BCUT2D eigenvalue weighted by Gasteiger charge is -2.21. The maximum Gasteiger partial charge on any atom is 0.328 e. The predicted octanol–water partition coefficient (Wildman–Crippen LogP) is 1.26. The van der Waals surface area contributed by atoms with E-state index in [1.165, 1.54) is 38.1 Å². The van der Waals surface area contributed by atoms with Crippen molar-refractivity contribution >= 4 is 17.7 Å². The maximum atomic E-state index is 11.5. The van der Waals surface area contributed by atoms with Crippen LogP contribution in [0.1, 0.15) is 19.4 Å². The number of urea groups is 1. The van der Waals surface area contributed by atoms with E-state index < -0.39 is 22.5 Å². The number of hydrogen-bond acceptors (Lipinski definition) is 4. The topological polar surface area (TPSA) is 122 Å². The van der Waals surface area contributed by atoms with Crippen LogP contribution in [0.4, 0.5) is 10.5 Å². The molecule has 1 aromatic rings. The Bertz CT molecular complexity index is 524. The number of carbonyl (C=O) groups excluding carboxylic acids is 1. The van der Waals surface area contributed by atoms with Gasteiger partial charge in [0.15, 0.2) is 0 Å². The van der Waals surface area contributed by atoms with Crippen LogP contribution in [0.25, 0.3) is 0 Å². The van der Waals surface area contributed by atoms with Crippen LogP contribution in [-0.2, 0) is 11.3 Å². The zero-order chi connectivity index (χ0) is 15.3. The second kappa shape index (κ2) is 6.00. The van der Waals surface area contributed by atoms with E-state index in [1.807, 2.05) is 0 Å². The van der Waals surface area contributed by atoms with Gasteiger partial charge in [0.2, 0.25) is 0 Å². The normalized spacial score (nSPS) is 10.7. The quantitative estimate of drug-likeness (QED) is 0.554. The number of hydrogen-bond donors (Lipinski definition) is 3. The number of nitro benzene ring substituents is 1. The molecule has 0 heterocycles. The molecule has 1 rings (SSSR count). The summed E-state index contributed by atoms with van der Waals surface area (Å²) in [5.41, 5.74) is -0.747. The largest absolute Gasteiger partial charge is 0.480 e. The molecule has 0 aliphatic carbocycles. The Morgan fingerprint density at radius 1 is 1.30 bits per heavy atom. The summed E-state index contributed by atoms with van der Waals surface area (Å²) in [6.07, 6.45) is 0. The highest BCUT2D eigenvalue weighted by Gasteiger charge is 2.28. The van der Waals surface area contributed by atoms with Crippen molar-refractivity contribution in [2.45, 2.75) is 25.9 Å². The lowest BCUT2D eigenvalue weighted by molar-refractivity contribution is -0.384. The van der Waals surface area contributed by atoms with E-state index in [0.717, 1.165) is 0 Å². The number of non-ortho nitro benzene ring substituents is 1. The van der Waals surface area contributed by atoms with Gasteiger partial charge in [0.1, 0.15) is 5.54 Å². The molecule has 0 bridgehead atoms. The van der Waals surface area contributed by atoms with Crippen molar-refractivity contribution in [3.05, 3.63) is 39.9 Å².